The minimum atomic E-state index is -1.05. The van der Waals surface area contributed by atoms with Crippen molar-refractivity contribution in [3.63, 3.8) is 0 Å². The number of carbonyl (C=O) groups excluding carboxylic acids is 1. The zero-order valence-corrected chi connectivity index (χ0v) is 11.2. The van der Waals surface area contributed by atoms with Crippen molar-refractivity contribution in [3.05, 3.63) is 70.2 Å². The van der Waals surface area contributed by atoms with Gasteiger partial charge < -0.3 is 10.4 Å². The van der Waals surface area contributed by atoms with Crippen LogP contribution in [0.2, 0.25) is 5.02 Å². The van der Waals surface area contributed by atoms with Crippen LogP contribution in [0.25, 0.3) is 0 Å². The van der Waals surface area contributed by atoms with Gasteiger partial charge in [0.2, 0.25) is 0 Å². The first-order valence-corrected chi connectivity index (χ1v) is 6.25. The second-order valence-electron chi connectivity index (χ2n) is 4.29. The standard InChI is InChI=1S/C15H14ClNO2/c1-10-2-4-11(5-3-10)14(18)17-15(19)12-6-8-13(16)9-7-12/h2-9,15,19H,1H3,(H,17,18). The van der Waals surface area contributed by atoms with E-state index in [9.17, 15) is 9.90 Å². The van der Waals surface area contributed by atoms with E-state index in [4.69, 9.17) is 11.6 Å². The molecule has 0 fully saturated rings. The van der Waals surface area contributed by atoms with Gasteiger partial charge in [-0.15, -0.1) is 0 Å². The molecule has 0 aliphatic heterocycles. The molecule has 2 aromatic rings. The van der Waals surface area contributed by atoms with Gasteiger partial charge in [0.1, 0.15) is 0 Å². The van der Waals surface area contributed by atoms with E-state index in [2.05, 4.69) is 5.32 Å². The molecule has 0 bridgehead atoms. The fraction of sp³-hybridized carbons (Fsp3) is 0.133. The van der Waals surface area contributed by atoms with Crippen LogP contribution in [0.4, 0.5) is 0 Å². The van der Waals surface area contributed by atoms with Crippen LogP contribution < -0.4 is 5.32 Å². The Morgan fingerprint density at radius 1 is 1.11 bits per heavy atom. The molecule has 0 aliphatic carbocycles. The van der Waals surface area contributed by atoms with E-state index in [0.717, 1.165) is 5.56 Å². The van der Waals surface area contributed by atoms with E-state index in [0.29, 0.717) is 16.1 Å². The number of aliphatic hydroxyl groups excluding tert-OH is 1. The number of amides is 1. The maximum absolute atomic E-state index is 11.9. The lowest BCUT2D eigenvalue weighted by atomic mass is 10.1. The Bertz CT molecular complexity index is 564. The lowest BCUT2D eigenvalue weighted by Gasteiger charge is -2.13. The summed E-state index contributed by atoms with van der Waals surface area (Å²) in [6, 6.07) is 13.8. The Labute approximate surface area is 116 Å². The fourth-order valence-electron chi connectivity index (χ4n) is 1.64. The van der Waals surface area contributed by atoms with Gasteiger partial charge in [-0.25, -0.2) is 0 Å². The summed E-state index contributed by atoms with van der Waals surface area (Å²) in [6.07, 6.45) is -1.05. The predicted octanol–water partition coefficient (Wildman–Crippen LogP) is 3.07. The van der Waals surface area contributed by atoms with Crippen LogP contribution in [-0.2, 0) is 0 Å². The molecule has 3 nitrogen and oxygen atoms in total. The smallest absolute Gasteiger partial charge is 0.253 e. The Kier molecular flexibility index (Phi) is 4.20. The van der Waals surface area contributed by atoms with Gasteiger partial charge in [-0.05, 0) is 31.2 Å². The van der Waals surface area contributed by atoms with Crippen molar-refractivity contribution in [3.8, 4) is 0 Å². The average Bonchev–Trinajstić information content (AvgIpc) is 2.40. The molecule has 0 radical (unpaired) electrons. The molecule has 0 aromatic heterocycles. The number of aliphatic hydroxyl groups is 1. The Morgan fingerprint density at radius 3 is 2.26 bits per heavy atom. The van der Waals surface area contributed by atoms with Gasteiger partial charge in [0.25, 0.3) is 5.91 Å². The first kappa shape index (κ1) is 13.6. The van der Waals surface area contributed by atoms with Crippen molar-refractivity contribution >= 4 is 17.5 Å². The Hall–Kier alpha value is -1.84. The van der Waals surface area contributed by atoms with E-state index >= 15 is 0 Å². The average molecular weight is 276 g/mol. The topological polar surface area (TPSA) is 49.3 Å². The SMILES string of the molecule is Cc1ccc(C(=O)NC(O)c2ccc(Cl)cc2)cc1. The van der Waals surface area contributed by atoms with Crippen molar-refractivity contribution in [1.82, 2.24) is 5.32 Å². The molecule has 0 saturated carbocycles. The molecule has 1 amide bonds. The van der Waals surface area contributed by atoms with Crippen LogP contribution in [-0.4, -0.2) is 11.0 Å². The maximum Gasteiger partial charge on any atom is 0.253 e. The normalized spacial score (nSPS) is 11.9. The van der Waals surface area contributed by atoms with Crippen molar-refractivity contribution < 1.29 is 9.90 Å². The van der Waals surface area contributed by atoms with Gasteiger partial charge in [-0.3, -0.25) is 4.79 Å². The van der Waals surface area contributed by atoms with E-state index in [1.165, 1.54) is 0 Å². The molecule has 0 aliphatic rings. The summed E-state index contributed by atoms with van der Waals surface area (Å²) in [6.45, 7) is 1.95. The molecular formula is C15H14ClNO2. The summed E-state index contributed by atoms with van der Waals surface area (Å²) < 4.78 is 0. The first-order valence-electron chi connectivity index (χ1n) is 5.87. The van der Waals surface area contributed by atoms with E-state index in [1.807, 2.05) is 19.1 Å². The largest absolute Gasteiger partial charge is 0.369 e. The number of nitrogens with one attached hydrogen (secondary N) is 1. The van der Waals surface area contributed by atoms with Crippen molar-refractivity contribution in [2.45, 2.75) is 13.2 Å². The molecule has 0 spiro atoms. The molecule has 1 unspecified atom stereocenters. The van der Waals surface area contributed by atoms with Crippen LogP contribution in [0.15, 0.2) is 48.5 Å². The van der Waals surface area contributed by atoms with Crippen molar-refractivity contribution in [2.24, 2.45) is 0 Å². The summed E-state index contributed by atoms with van der Waals surface area (Å²) in [7, 11) is 0. The quantitative estimate of drug-likeness (QED) is 0.846. The number of benzene rings is 2. The molecule has 1 atom stereocenters. The van der Waals surface area contributed by atoms with Gasteiger partial charge in [0.05, 0.1) is 0 Å². The van der Waals surface area contributed by atoms with Crippen LogP contribution in [0.3, 0.4) is 0 Å². The Morgan fingerprint density at radius 2 is 1.68 bits per heavy atom. The number of rotatable bonds is 3. The molecule has 0 saturated heterocycles. The zero-order valence-electron chi connectivity index (χ0n) is 10.4. The van der Waals surface area contributed by atoms with Gasteiger partial charge in [-0.1, -0.05) is 41.4 Å². The number of hydrogen-bond acceptors (Lipinski definition) is 2. The lowest BCUT2D eigenvalue weighted by molar-refractivity contribution is 0.0783. The monoisotopic (exact) mass is 275 g/mol. The molecule has 19 heavy (non-hydrogen) atoms. The molecule has 4 heteroatoms. The molecule has 0 heterocycles. The Balaban J connectivity index is 2.06. The highest BCUT2D eigenvalue weighted by Gasteiger charge is 2.12. The van der Waals surface area contributed by atoms with Crippen LogP contribution in [0.5, 0.6) is 0 Å². The van der Waals surface area contributed by atoms with E-state index in [1.54, 1.807) is 36.4 Å². The molecule has 2 aromatic carbocycles. The second-order valence-corrected chi connectivity index (χ2v) is 4.73. The summed E-state index contributed by atoms with van der Waals surface area (Å²) >= 11 is 5.76. The van der Waals surface area contributed by atoms with Gasteiger partial charge >= 0.3 is 0 Å². The van der Waals surface area contributed by atoms with Gasteiger partial charge in [0, 0.05) is 16.1 Å². The number of carbonyl (C=O) groups is 1. The highest BCUT2D eigenvalue weighted by molar-refractivity contribution is 6.30. The molecule has 2 N–H and O–H groups in total. The number of aryl methyl sites for hydroxylation is 1. The number of hydrogen-bond donors (Lipinski definition) is 2. The highest BCUT2D eigenvalue weighted by Crippen LogP contribution is 2.15. The minimum absolute atomic E-state index is 0.317. The molecule has 98 valence electrons. The summed E-state index contributed by atoms with van der Waals surface area (Å²) in [5.41, 5.74) is 2.18. The van der Waals surface area contributed by atoms with Crippen LogP contribution in [0, 0.1) is 6.92 Å². The fourth-order valence-corrected chi connectivity index (χ4v) is 1.77. The first-order chi connectivity index (χ1) is 9.06. The third-order valence-corrected chi connectivity index (χ3v) is 3.02. The van der Waals surface area contributed by atoms with Gasteiger partial charge in [-0.2, -0.15) is 0 Å². The van der Waals surface area contributed by atoms with Crippen molar-refractivity contribution in [2.75, 3.05) is 0 Å². The minimum Gasteiger partial charge on any atom is -0.369 e. The maximum atomic E-state index is 11.9. The second kappa shape index (κ2) is 5.87. The van der Waals surface area contributed by atoms with Crippen LogP contribution in [0.1, 0.15) is 27.7 Å². The summed E-state index contributed by atoms with van der Waals surface area (Å²) in [5.74, 6) is -0.317. The van der Waals surface area contributed by atoms with Gasteiger partial charge in [0.15, 0.2) is 6.23 Å². The predicted molar refractivity (Wildman–Crippen MR) is 75.1 cm³/mol. The molecule has 2 rings (SSSR count). The summed E-state index contributed by atoms with van der Waals surface area (Å²) in [5, 5.41) is 13.0. The van der Waals surface area contributed by atoms with Crippen LogP contribution >= 0.6 is 11.6 Å². The highest BCUT2D eigenvalue weighted by atomic mass is 35.5. The molecular weight excluding hydrogens is 262 g/mol. The zero-order chi connectivity index (χ0) is 13.8. The third-order valence-electron chi connectivity index (χ3n) is 2.77. The number of halogens is 1. The van der Waals surface area contributed by atoms with Crippen molar-refractivity contribution in [1.29, 1.82) is 0 Å². The third kappa shape index (κ3) is 3.56. The van der Waals surface area contributed by atoms with E-state index in [-0.39, 0.29) is 5.91 Å². The lowest BCUT2D eigenvalue weighted by Crippen LogP contribution is -2.28. The van der Waals surface area contributed by atoms with E-state index < -0.39 is 6.23 Å². The summed E-state index contributed by atoms with van der Waals surface area (Å²) in [4.78, 5) is 11.9.